The molecule has 2 aromatic carbocycles. The molecule has 0 bridgehead atoms. The molecule has 1 aliphatic heterocycles. The third kappa shape index (κ3) is 4.66. The average Bonchev–Trinajstić information content (AvgIpc) is 3.34. The highest BCUT2D eigenvalue weighted by molar-refractivity contribution is 5.97. The fourth-order valence-corrected chi connectivity index (χ4v) is 4.50. The minimum absolute atomic E-state index is 0.0323. The molecule has 6 nitrogen and oxygen atoms in total. The van der Waals surface area contributed by atoms with Crippen molar-refractivity contribution in [1.82, 2.24) is 9.80 Å². The molecule has 32 heavy (non-hydrogen) atoms. The molecule has 2 heterocycles. The van der Waals surface area contributed by atoms with Crippen molar-refractivity contribution in [3.63, 3.8) is 0 Å². The van der Waals surface area contributed by atoms with Gasteiger partial charge in [0.15, 0.2) is 5.78 Å². The van der Waals surface area contributed by atoms with Crippen molar-refractivity contribution in [1.29, 1.82) is 0 Å². The van der Waals surface area contributed by atoms with E-state index in [2.05, 4.69) is 18.7 Å². The summed E-state index contributed by atoms with van der Waals surface area (Å²) >= 11 is 0. The first-order valence-electron chi connectivity index (χ1n) is 10.9. The summed E-state index contributed by atoms with van der Waals surface area (Å²) in [5, 5.41) is 9.00. The minimum Gasteiger partial charge on any atom is -0.464 e. The number of hydrogen-bond donors (Lipinski definition) is 1. The number of Topliss-reactive ketones (excluding diaryl/α,β-unsaturated/α-hetero) is 1. The number of hydrogen-bond acceptors (Lipinski definition) is 5. The Morgan fingerprint density at radius 3 is 2.31 bits per heavy atom. The number of carbonyl (C=O) groups is 2. The second-order valence-electron chi connectivity index (χ2n) is 8.44. The SMILES string of the molecule is C[C@@H]1CN(Cc2ccc(C(=O)CO)cc2)C[C@H](C)N1C(=O)c1cccc(-c2ccco2)c1. The van der Waals surface area contributed by atoms with Crippen LogP contribution in [0.5, 0.6) is 0 Å². The van der Waals surface area contributed by atoms with Crippen molar-refractivity contribution in [2.24, 2.45) is 0 Å². The fourth-order valence-electron chi connectivity index (χ4n) is 4.50. The average molecular weight is 433 g/mol. The summed E-state index contributed by atoms with van der Waals surface area (Å²) in [5.41, 5.74) is 3.17. The lowest BCUT2D eigenvalue weighted by Crippen LogP contribution is -2.58. The van der Waals surface area contributed by atoms with E-state index in [9.17, 15) is 9.59 Å². The Bertz CT molecular complexity index is 1060. The van der Waals surface area contributed by atoms with Gasteiger partial charge in [0.1, 0.15) is 12.4 Å². The smallest absolute Gasteiger partial charge is 0.254 e. The molecular weight excluding hydrogens is 404 g/mol. The van der Waals surface area contributed by atoms with Gasteiger partial charge in [-0.05, 0) is 43.7 Å². The van der Waals surface area contributed by atoms with E-state index >= 15 is 0 Å². The molecule has 1 amide bonds. The third-order valence-corrected chi connectivity index (χ3v) is 5.97. The number of amides is 1. The number of rotatable bonds is 6. The number of ketones is 1. The molecule has 1 aromatic heterocycles. The number of piperazine rings is 1. The molecule has 0 radical (unpaired) electrons. The summed E-state index contributed by atoms with van der Waals surface area (Å²) in [7, 11) is 0. The van der Waals surface area contributed by atoms with Crippen LogP contribution in [0, 0.1) is 0 Å². The quantitative estimate of drug-likeness (QED) is 0.599. The van der Waals surface area contributed by atoms with Crippen LogP contribution in [0.2, 0.25) is 0 Å². The highest BCUT2D eigenvalue weighted by atomic mass is 16.3. The second-order valence-corrected chi connectivity index (χ2v) is 8.44. The number of aliphatic hydroxyl groups is 1. The van der Waals surface area contributed by atoms with Gasteiger partial charge in [-0.3, -0.25) is 14.5 Å². The van der Waals surface area contributed by atoms with E-state index in [1.165, 1.54) is 0 Å². The normalized spacial score (nSPS) is 19.2. The van der Waals surface area contributed by atoms with Gasteiger partial charge in [-0.15, -0.1) is 0 Å². The summed E-state index contributed by atoms with van der Waals surface area (Å²) < 4.78 is 5.48. The zero-order valence-electron chi connectivity index (χ0n) is 18.4. The highest BCUT2D eigenvalue weighted by Gasteiger charge is 2.33. The van der Waals surface area contributed by atoms with Crippen molar-refractivity contribution in [3.05, 3.63) is 83.6 Å². The number of benzene rings is 2. The summed E-state index contributed by atoms with van der Waals surface area (Å²) in [4.78, 5) is 29.3. The molecule has 0 aliphatic carbocycles. The van der Waals surface area contributed by atoms with E-state index in [0.29, 0.717) is 11.1 Å². The van der Waals surface area contributed by atoms with Crippen LogP contribution in [-0.2, 0) is 6.54 Å². The standard InChI is InChI=1S/C26H28N2O4/c1-18-14-27(16-20-8-10-21(11-9-20)24(30)17-29)15-19(2)28(18)26(31)23-6-3-5-22(13-23)25-7-4-12-32-25/h3-13,18-19,29H,14-17H2,1-2H3/t18-,19+. The molecular formula is C26H28N2O4. The Morgan fingerprint density at radius 1 is 0.969 bits per heavy atom. The number of aliphatic hydroxyl groups excluding tert-OH is 1. The molecule has 3 aromatic rings. The Kier molecular flexibility index (Phi) is 6.53. The third-order valence-electron chi connectivity index (χ3n) is 5.97. The van der Waals surface area contributed by atoms with E-state index in [1.54, 1.807) is 18.4 Å². The monoisotopic (exact) mass is 432 g/mol. The van der Waals surface area contributed by atoms with E-state index in [4.69, 9.17) is 9.52 Å². The maximum Gasteiger partial charge on any atom is 0.254 e. The van der Waals surface area contributed by atoms with Crippen LogP contribution in [0.15, 0.2) is 71.3 Å². The Hall–Kier alpha value is -3.22. The zero-order valence-corrected chi connectivity index (χ0v) is 18.4. The first kappa shape index (κ1) is 22.0. The molecule has 166 valence electrons. The first-order valence-corrected chi connectivity index (χ1v) is 10.9. The molecule has 2 atom stereocenters. The van der Waals surface area contributed by atoms with Crippen molar-refractivity contribution >= 4 is 11.7 Å². The molecule has 6 heteroatoms. The molecule has 1 N–H and O–H groups in total. The van der Waals surface area contributed by atoms with E-state index in [1.807, 2.05) is 53.4 Å². The number of nitrogens with zero attached hydrogens (tertiary/aromatic N) is 2. The highest BCUT2D eigenvalue weighted by Crippen LogP contribution is 2.25. The maximum absolute atomic E-state index is 13.4. The van der Waals surface area contributed by atoms with Gasteiger partial charge in [0, 0.05) is 48.4 Å². The Balaban J connectivity index is 1.43. The van der Waals surface area contributed by atoms with Gasteiger partial charge in [-0.25, -0.2) is 0 Å². The maximum atomic E-state index is 13.4. The lowest BCUT2D eigenvalue weighted by atomic mass is 10.0. The Labute approximate surface area is 188 Å². The second kappa shape index (κ2) is 9.51. The van der Waals surface area contributed by atoms with Gasteiger partial charge < -0.3 is 14.4 Å². The van der Waals surface area contributed by atoms with Crippen LogP contribution in [0.1, 0.15) is 40.1 Å². The minimum atomic E-state index is -0.477. The van der Waals surface area contributed by atoms with E-state index < -0.39 is 6.61 Å². The van der Waals surface area contributed by atoms with Crippen LogP contribution >= 0.6 is 0 Å². The molecule has 1 aliphatic rings. The van der Waals surface area contributed by atoms with Crippen LogP contribution in [-0.4, -0.2) is 58.4 Å². The molecule has 0 saturated carbocycles. The fraction of sp³-hybridized carbons (Fsp3) is 0.308. The summed E-state index contributed by atoms with van der Waals surface area (Å²) in [5.74, 6) is 0.504. The van der Waals surface area contributed by atoms with Crippen molar-refractivity contribution < 1.29 is 19.1 Å². The topological polar surface area (TPSA) is 74.0 Å². The lowest BCUT2D eigenvalue weighted by Gasteiger charge is -2.44. The van der Waals surface area contributed by atoms with Gasteiger partial charge in [-0.2, -0.15) is 0 Å². The van der Waals surface area contributed by atoms with Gasteiger partial charge in [0.2, 0.25) is 0 Å². The van der Waals surface area contributed by atoms with Gasteiger partial charge >= 0.3 is 0 Å². The van der Waals surface area contributed by atoms with Gasteiger partial charge in [0.05, 0.1) is 6.26 Å². The first-order chi connectivity index (χ1) is 15.5. The van der Waals surface area contributed by atoms with Crippen LogP contribution in [0.4, 0.5) is 0 Å². The lowest BCUT2D eigenvalue weighted by molar-refractivity contribution is 0.0268. The van der Waals surface area contributed by atoms with Crippen LogP contribution < -0.4 is 0 Å². The van der Waals surface area contributed by atoms with Crippen molar-refractivity contribution in [3.8, 4) is 11.3 Å². The van der Waals surface area contributed by atoms with Gasteiger partial charge in [-0.1, -0.05) is 36.4 Å². The predicted octanol–water partition coefficient (Wildman–Crippen LogP) is 3.86. The summed E-state index contributed by atoms with van der Waals surface area (Å²) in [6.07, 6.45) is 1.63. The van der Waals surface area contributed by atoms with Crippen molar-refractivity contribution in [2.75, 3.05) is 19.7 Å². The van der Waals surface area contributed by atoms with Gasteiger partial charge in [0.25, 0.3) is 5.91 Å². The van der Waals surface area contributed by atoms with Crippen molar-refractivity contribution in [2.45, 2.75) is 32.5 Å². The molecule has 1 saturated heterocycles. The Morgan fingerprint density at radius 2 is 1.69 bits per heavy atom. The van der Waals surface area contributed by atoms with E-state index in [0.717, 1.165) is 36.5 Å². The predicted molar refractivity (Wildman–Crippen MR) is 122 cm³/mol. The molecule has 0 spiro atoms. The number of furan rings is 1. The van der Waals surface area contributed by atoms with Crippen LogP contribution in [0.3, 0.4) is 0 Å². The molecule has 0 unspecified atom stereocenters. The molecule has 4 rings (SSSR count). The largest absolute Gasteiger partial charge is 0.464 e. The van der Waals surface area contributed by atoms with Crippen LogP contribution in [0.25, 0.3) is 11.3 Å². The summed E-state index contributed by atoms with van der Waals surface area (Å²) in [6, 6.07) is 18.8. The summed E-state index contributed by atoms with van der Waals surface area (Å²) in [6.45, 7) is 5.98. The van der Waals surface area contributed by atoms with E-state index in [-0.39, 0.29) is 23.8 Å². The number of carbonyl (C=O) groups excluding carboxylic acids is 2. The molecule has 1 fully saturated rings. The zero-order chi connectivity index (χ0) is 22.7.